The van der Waals surface area contributed by atoms with Crippen LogP contribution >= 0.6 is 0 Å². The fourth-order valence-corrected chi connectivity index (χ4v) is 4.77. The predicted octanol–water partition coefficient (Wildman–Crippen LogP) is -6.12. The Morgan fingerprint density at radius 3 is 2.15 bits per heavy atom. The number of urea groups is 1. The maximum atomic E-state index is 13.7. The molecule has 0 aliphatic carbocycles. The summed E-state index contributed by atoms with van der Waals surface area (Å²) >= 11 is 0. The first-order valence-corrected chi connectivity index (χ1v) is 11.7. The van der Waals surface area contributed by atoms with Gasteiger partial charge in [-0.2, -0.15) is 0 Å². The molecule has 2 amide bonds. The number of imidazole rings is 1. The number of nitrogens with one attached hydrogen (secondary N) is 1. The highest BCUT2D eigenvalue weighted by Gasteiger charge is 2.60. The van der Waals surface area contributed by atoms with Gasteiger partial charge in [0.15, 0.2) is 0 Å². The number of amides is 2. The fourth-order valence-electron chi connectivity index (χ4n) is 4.77. The number of carbonyl (C=O) groups is 1. The Labute approximate surface area is 208 Å². The molecule has 3 aromatic heterocycles. The average molecular weight is 447 g/mol. The molecule has 34 heavy (non-hydrogen) atoms. The molecular weight excluding hydrogens is 419 g/mol. The van der Waals surface area contributed by atoms with E-state index in [0.29, 0.717) is 5.82 Å². The zero-order valence-corrected chi connectivity index (χ0v) is 21.9. The molecule has 1 aliphatic rings. The van der Waals surface area contributed by atoms with Gasteiger partial charge in [0, 0.05) is 35.5 Å². The summed E-state index contributed by atoms with van der Waals surface area (Å²) in [7, 11) is 18.3. The van der Waals surface area contributed by atoms with Crippen LogP contribution in [-0.2, 0) is 11.8 Å². The van der Waals surface area contributed by atoms with Gasteiger partial charge < -0.3 is 14.2 Å². The van der Waals surface area contributed by atoms with Crippen LogP contribution in [0.15, 0.2) is 30.6 Å². The largest absolute Gasteiger partial charge is 0.402 e. The van der Waals surface area contributed by atoms with Crippen LogP contribution in [0.4, 0.5) is 10.6 Å². The van der Waals surface area contributed by atoms with Crippen molar-refractivity contribution < 1.29 is 9.53 Å². The van der Waals surface area contributed by atoms with Gasteiger partial charge in [-0.15, -0.1) is 0 Å². The van der Waals surface area contributed by atoms with E-state index in [9.17, 15) is 4.79 Å². The van der Waals surface area contributed by atoms with Crippen molar-refractivity contribution in [2.45, 2.75) is 28.4 Å². The first-order chi connectivity index (χ1) is 15.6. The molecule has 1 N–H and O–H groups in total. The van der Waals surface area contributed by atoms with Gasteiger partial charge in [0.1, 0.15) is 74.4 Å². The molecule has 0 saturated carbocycles. The minimum absolute atomic E-state index is 0.218. The molecule has 0 unspecified atom stereocenters. The number of anilines is 1. The molecule has 4 rings (SSSR count). The zero-order chi connectivity index (χ0) is 25.3. The number of hydrogen-bond acceptors (Lipinski definition) is 5. The van der Waals surface area contributed by atoms with Gasteiger partial charge in [-0.3, -0.25) is 5.32 Å². The van der Waals surface area contributed by atoms with Crippen molar-refractivity contribution in [3.05, 3.63) is 36.4 Å². The lowest BCUT2D eigenvalue weighted by molar-refractivity contribution is -0.0913. The molecule has 0 radical (unpaired) electrons. The molecule has 0 aromatic carbocycles. The summed E-state index contributed by atoms with van der Waals surface area (Å²) in [5.74, 6) is 1.37. The van der Waals surface area contributed by atoms with Crippen LogP contribution in [0.3, 0.4) is 0 Å². The van der Waals surface area contributed by atoms with Gasteiger partial charge in [-0.1, -0.05) is 0 Å². The summed E-state index contributed by atoms with van der Waals surface area (Å²) < 4.78 is 8.50. The smallest absolute Gasteiger partial charge is 0.321 e. The summed E-state index contributed by atoms with van der Waals surface area (Å²) in [6, 6.07) is 5.54. The minimum atomic E-state index is -0.574. The number of morpholine rings is 1. The monoisotopic (exact) mass is 448 g/mol. The van der Waals surface area contributed by atoms with Crippen LogP contribution in [0.1, 0.15) is 5.82 Å². The molecule has 1 fully saturated rings. The van der Waals surface area contributed by atoms with Crippen LogP contribution in [0.25, 0.3) is 22.3 Å². The van der Waals surface area contributed by atoms with Gasteiger partial charge in [0.2, 0.25) is 0 Å². The van der Waals surface area contributed by atoms with Gasteiger partial charge in [0.05, 0.1) is 23.1 Å². The maximum Gasteiger partial charge on any atom is 0.321 e. The molecule has 3 aromatic rings. The molecule has 8 nitrogen and oxygen atoms in total. The van der Waals surface area contributed by atoms with E-state index in [1.807, 2.05) is 111 Å². The van der Waals surface area contributed by atoms with E-state index >= 15 is 0 Å². The summed E-state index contributed by atoms with van der Waals surface area (Å²) in [5, 5.41) is 1.66. The van der Waals surface area contributed by atoms with Gasteiger partial charge >= 0.3 is 6.03 Å². The summed E-state index contributed by atoms with van der Waals surface area (Å²) in [6.07, 6.45) is 3.55. The van der Waals surface area contributed by atoms with E-state index in [0.717, 1.165) is 28.1 Å². The fraction of sp³-hybridized carbons (Fsp3) is 0.333. The molecule has 0 spiro atoms. The normalized spacial score (nSPS) is 20.1. The van der Waals surface area contributed by atoms with Crippen molar-refractivity contribution in [1.82, 2.24) is 24.4 Å². The second-order valence-corrected chi connectivity index (χ2v) is 11.2. The van der Waals surface area contributed by atoms with E-state index in [1.165, 1.54) is 0 Å². The average Bonchev–Trinajstić information content (AvgIpc) is 3.03. The van der Waals surface area contributed by atoms with E-state index in [2.05, 4.69) is 15.3 Å². The Hall–Kier alpha value is -2.48. The highest BCUT2D eigenvalue weighted by molar-refractivity contribution is 6.60. The van der Waals surface area contributed by atoms with Crippen molar-refractivity contribution in [2.24, 2.45) is 7.05 Å². The third-order valence-electron chi connectivity index (χ3n) is 8.07. The van der Waals surface area contributed by atoms with Crippen molar-refractivity contribution >= 4 is 85.5 Å². The number of carbonyl (C=O) groups excluding carboxylic acids is 1. The second kappa shape index (κ2) is 7.77. The Morgan fingerprint density at radius 2 is 1.59 bits per heavy atom. The Morgan fingerprint density at radius 1 is 0.971 bits per heavy atom. The van der Waals surface area contributed by atoms with Crippen LogP contribution in [-0.4, -0.2) is 115 Å². The number of ether oxygens (including phenoxy) is 1. The lowest BCUT2D eigenvalue weighted by Crippen LogP contribution is -2.87. The van der Waals surface area contributed by atoms with Crippen LogP contribution in [0, 0.1) is 6.92 Å². The highest BCUT2D eigenvalue weighted by atomic mass is 16.5. The van der Waals surface area contributed by atoms with Crippen molar-refractivity contribution in [2.75, 3.05) is 5.32 Å². The Balaban J connectivity index is 1.70. The minimum Gasteiger partial charge on any atom is -0.402 e. The summed E-state index contributed by atoms with van der Waals surface area (Å²) in [4.78, 5) is 29.3. The lowest BCUT2D eigenvalue weighted by Gasteiger charge is -2.68. The van der Waals surface area contributed by atoms with Gasteiger partial charge in [-0.05, 0) is 29.7 Å². The van der Waals surface area contributed by atoms with Gasteiger partial charge in [0.25, 0.3) is 0 Å². The number of rotatable bonds is 2. The van der Waals surface area contributed by atoms with Crippen molar-refractivity contribution in [1.29, 1.82) is 0 Å². The molecule has 1 aliphatic heterocycles. The zero-order valence-electron chi connectivity index (χ0n) is 21.9. The van der Waals surface area contributed by atoms with E-state index in [1.54, 1.807) is 6.20 Å². The van der Waals surface area contributed by atoms with E-state index in [-0.39, 0.29) is 6.03 Å². The van der Waals surface area contributed by atoms with Crippen LogP contribution < -0.4 is 5.32 Å². The number of hydrogen-bond donors (Lipinski definition) is 1. The number of aromatic nitrogens is 4. The van der Waals surface area contributed by atoms with E-state index in [4.69, 9.17) is 9.72 Å². The first kappa shape index (κ1) is 24.6. The first-order valence-electron chi connectivity index (χ1n) is 11.7. The predicted molar refractivity (Wildman–Crippen MR) is 158 cm³/mol. The molecule has 4 heterocycles. The van der Waals surface area contributed by atoms with E-state index < -0.39 is 21.5 Å². The highest BCUT2D eigenvalue weighted by Crippen LogP contribution is 2.40. The number of pyridine rings is 2. The number of aryl methyl sites for hydroxylation is 1. The van der Waals surface area contributed by atoms with Gasteiger partial charge in [-0.25, -0.2) is 19.7 Å². The molecule has 166 valence electrons. The molecule has 0 atom stereocenters. The lowest BCUT2D eigenvalue weighted by atomic mass is 9.30. The number of nitrogens with zero attached hydrogens (tertiary/aromatic N) is 5. The Kier molecular flexibility index (Phi) is 5.63. The summed E-state index contributed by atoms with van der Waals surface area (Å²) in [6.45, 7) is 1.96. The third-order valence-corrected chi connectivity index (χ3v) is 8.07. The van der Waals surface area contributed by atoms with Crippen LogP contribution in [0.2, 0.25) is 0 Å². The molecule has 1 saturated heterocycles. The third kappa shape index (κ3) is 3.70. The molecule has 16 heteroatoms. The Bertz CT molecular complexity index is 1270. The quantitative estimate of drug-likeness (QED) is 0.396. The maximum absolute atomic E-state index is 13.7. The molecule has 0 bridgehead atoms. The number of fused-ring (bicyclic) bond motifs is 1. The summed E-state index contributed by atoms with van der Waals surface area (Å²) in [5.41, 5.74) is 2.50. The van der Waals surface area contributed by atoms with Crippen LogP contribution in [0.5, 0.6) is 0 Å². The topological polar surface area (TPSA) is 85.2 Å². The van der Waals surface area contributed by atoms with Crippen molar-refractivity contribution in [3.63, 3.8) is 0 Å². The second-order valence-electron chi connectivity index (χ2n) is 11.2. The standard InChI is InChI=1S/C18H28B8N6O2/c1-8-27-7-12(31(8)2)10-4-3-9-6-28-13(5-11(9)29-10)30-14(33)32-15(19,20)17(23,24)34-18(25,26)16(32,21)22/h3-7H,19-26H2,1-2H3,(H,28,30,33). The SMILES string of the molecule is BC1(B)OC(B)(B)C(B)(B)N(C(=O)Nc2cc3nc(-c4cnc(C)n4C)ccc3cn2)C1(B)B. The van der Waals surface area contributed by atoms with Crippen molar-refractivity contribution in [3.8, 4) is 11.4 Å². The molecular formula is C18H28B8N6O2.